The van der Waals surface area contributed by atoms with Crippen LogP contribution in [-0.4, -0.2) is 51.9 Å². The zero-order chi connectivity index (χ0) is 11.8. The maximum Gasteiger partial charge on any atom is 0.235 e. The number of rotatable bonds is 3. The number of nitrogens with two attached hydrogens (primary N) is 1. The summed E-state index contributed by atoms with van der Waals surface area (Å²) in [6, 6.07) is -0.423. The van der Waals surface area contributed by atoms with Gasteiger partial charge in [-0.2, -0.15) is 0 Å². The van der Waals surface area contributed by atoms with Gasteiger partial charge < -0.3 is 15.9 Å². The number of hydrogen-bond acceptors (Lipinski definition) is 4. The van der Waals surface area contributed by atoms with E-state index in [1.54, 1.807) is 11.8 Å². The van der Waals surface area contributed by atoms with E-state index in [4.69, 9.17) is 5.73 Å². The van der Waals surface area contributed by atoms with Gasteiger partial charge in [0.15, 0.2) is 0 Å². The lowest BCUT2D eigenvalue weighted by Crippen LogP contribution is -2.48. The van der Waals surface area contributed by atoms with E-state index in [9.17, 15) is 15.0 Å². The molecule has 3 atom stereocenters. The van der Waals surface area contributed by atoms with E-state index in [1.165, 1.54) is 0 Å². The molecule has 0 aromatic heterocycles. The van der Waals surface area contributed by atoms with E-state index in [0.717, 1.165) is 0 Å². The molecule has 1 rings (SSSR count). The highest BCUT2D eigenvalue weighted by molar-refractivity contribution is 5.80. The van der Waals surface area contributed by atoms with E-state index < -0.39 is 23.7 Å². The van der Waals surface area contributed by atoms with Gasteiger partial charge in [-0.25, -0.2) is 0 Å². The van der Waals surface area contributed by atoms with Gasteiger partial charge in [-0.1, -0.05) is 13.8 Å². The maximum atomic E-state index is 11.3. The Morgan fingerprint density at radius 1 is 1.60 bits per heavy atom. The number of carbonyl (C=O) groups excluding carboxylic acids is 1. The summed E-state index contributed by atoms with van der Waals surface area (Å²) >= 11 is 0. The summed E-state index contributed by atoms with van der Waals surface area (Å²) in [6.07, 6.45) is -0.821. The summed E-state index contributed by atoms with van der Waals surface area (Å²) in [7, 11) is 0. The molecule has 1 saturated heterocycles. The molecular weight excluding hydrogens is 196 g/mol. The van der Waals surface area contributed by atoms with E-state index in [2.05, 4.69) is 0 Å². The quantitative estimate of drug-likeness (QED) is 0.560. The lowest BCUT2D eigenvalue weighted by atomic mass is 10.0. The fourth-order valence-corrected chi connectivity index (χ4v) is 2.14. The largest absolute Gasteiger partial charge is 0.389 e. The van der Waals surface area contributed by atoms with Gasteiger partial charge in [0.25, 0.3) is 0 Å². The number of hydrogen-bond donors (Lipinski definition) is 3. The highest BCUT2D eigenvalue weighted by atomic mass is 16.3. The van der Waals surface area contributed by atoms with Crippen LogP contribution in [0.25, 0.3) is 0 Å². The molecule has 1 heterocycles. The first-order valence-electron chi connectivity index (χ1n) is 5.19. The van der Waals surface area contributed by atoms with Crippen LogP contribution in [0.15, 0.2) is 0 Å². The van der Waals surface area contributed by atoms with Gasteiger partial charge in [0, 0.05) is 13.1 Å². The molecule has 0 bridgehead atoms. The number of aliphatic hydroxyl groups excluding tert-OH is 1. The fourth-order valence-electron chi connectivity index (χ4n) is 2.14. The molecule has 1 fully saturated rings. The number of likely N-dealkylation sites (tertiary alicyclic amines) is 1. The third-order valence-electron chi connectivity index (χ3n) is 2.96. The molecular formula is C10H20N2O3. The van der Waals surface area contributed by atoms with E-state index in [1.807, 2.05) is 13.8 Å². The Morgan fingerprint density at radius 2 is 2.13 bits per heavy atom. The summed E-state index contributed by atoms with van der Waals surface area (Å²) in [5.74, 6) is -0.335. The molecule has 5 heteroatoms. The minimum atomic E-state index is -1.15. The van der Waals surface area contributed by atoms with Crippen molar-refractivity contribution in [2.45, 2.75) is 38.5 Å². The first-order valence-corrected chi connectivity index (χ1v) is 5.19. The van der Waals surface area contributed by atoms with Crippen LogP contribution in [0.2, 0.25) is 0 Å². The molecule has 2 unspecified atom stereocenters. The third-order valence-corrected chi connectivity index (χ3v) is 2.96. The van der Waals surface area contributed by atoms with E-state index >= 15 is 0 Å². The van der Waals surface area contributed by atoms with Crippen molar-refractivity contribution >= 4 is 5.91 Å². The topological polar surface area (TPSA) is 86.8 Å². The zero-order valence-corrected chi connectivity index (χ0v) is 9.47. The highest BCUT2D eigenvalue weighted by Crippen LogP contribution is 2.25. The first kappa shape index (κ1) is 12.4. The van der Waals surface area contributed by atoms with Gasteiger partial charge >= 0.3 is 0 Å². The molecule has 1 aliphatic heterocycles. The predicted octanol–water partition coefficient (Wildman–Crippen LogP) is -1.08. The van der Waals surface area contributed by atoms with Crippen LogP contribution in [0.4, 0.5) is 0 Å². The van der Waals surface area contributed by atoms with Crippen molar-refractivity contribution in [1.82, 2.24) is 4.90 Å². The van der Waals surface area contributed by atoms with Crippen molar-refractivity contribution in [1.29, 1.82) is 0 Å². The van der Waals surface area contributed by atoms with Crippen molar-refractivity contribution in [2.24, 2.45) is 11.7 Å². The van der Waals surface area contributed by atoms with Gasteiger partial charge in [-0.15, -0.1) is 0 Å². The van der Waals surface area contributed by atoms with Crippen LogP contribution >= 0.6 is 0 Å². The van der Waals surface area contributed by atoms with Crippen molar-refractivity contribution in [3.05, 3.63) is 0 Å². The van der Waals surface area contributed by atoms with E-state index in [0.29, 0.717) is 6.54 Å². The molecule has 1 amide bonds. The Bertz CT molecular complexity index is 253. The Labute approximate surface area is 89.9 Å². The van der Waals surface area contributed by atoms with Crippen LogP contribution < -0.4 is 5.73 Å². The van der Waals surface area contributed by atoms with Crippen LogP contribution in [0.1, 0.15) is 20.8 Å². The average molecular weight is 216 g/mol. The predicted molar refractivity (Wildman–Crippen MR) is 56.0 cm³/mol. The van der Waals surface area contributed by atoms with Crippen LogP contribution in [-0.2, 0) is 4.79 Å². The second-order valence-electron chi connectivity index (χ2n) is 4.89. The average Bonchev–Trinajstić information content (AvgIpc) is 2.23. The SMILES string of the molecule is CC(C)[C@@H](C(N)=O)N1CC(O)C(C)(O)C1. The second kappa shape index (κ2) is 4.08. The normalized spacial score (nSPS) is 34.7. The molecule has 1 aliphatic rings. The Balaban J connectivity index is 2.77. The van der Waals surface area contributed by atoms with Crippen molar-refractivity contribution in [3.63, 3.8) is 0 Å². The van der Waals surface area contributed by atoms with Crippen LogP contribution in [0.3, 0.4) is 0 Å². The molecule has 0 saturated carbocycles. The van der Waals surface area contributed by atoms with E-state index in [-0.39, 0.29) is 12.5 Å². The number of β-amino-alcohol motifs (C(OH)–C–C–N with tert-alkyl or cyclic N) is 2. The Hall–Kier alpha value is -0.650. The summed E-state index contributed by atoms with van der Waals surface area (Å²) in [4.78, 5) is 13.0. The number of primary amides is 1. The van der Waals surface area contributed by atoms with Crippen LogP contribution in [0.5, 0.6) is 0 Å². The van der Waals surface area contributed by atoms with Gasteiger partial charge in [-0.05, 0) is 12.8 Å². The Morgan fingerprint density at radius 3 is 2.40 bits per heavy atom. The summed E-state index contributed by atoms with van der Waals surface area (Å²) in [5, 5.41) is 19.4. The summed E-state index contributed by atoms with van der Waals surface area (Å²) in [5.41, 5.74) is 4.16. The van der Waals surface area contributed by atoms with Crippen molar-refractivity contribution < 1.29 is 15.0 Å². The van der Waals surface area contributed by atoms with Crippen molar-refractivity contribution in [2.75, 3.05) is 13.1 Å². The summed E-state index contributed by atoms with van der Waals surface area (Å²) in [6.45, 7) is 5.93. The smallest absolute Gasteiger partial charge is 0.235 e. The number of amides is 1. The van der Waals surface area contributed by atoms with Gasteiger partial charge in [-0.3, -0.25) is 9.69 Å². The Kier molecular flexibility index (Phi) is 3.38. The molecule has 0 spiro atoms. The molecule has 5 nitrogen and oxygen atoms in total. The highest BCUT2D eigenvalue weighted by Gasteiger charge is 2.44. The molecule has 15 heavy (non-hydrogen) atoms. The molecule has 0 aliphatic carbocycles. The standard InChI is InChI=1S/C10H20N2O3/c1-6(2)8(9(11)14)12-4-7(13)10(3,15)5-12/h6-8,13,15H,4-5H2,1-3H3,(H2,11,14)/t7?,8-,10?/m0/s1. The first-order chi connectivity index (χ1) is 6.75. The van der Waals surface area contributed by atoms with Crippen LogP contribution in [0, 0.1) is 5.92 Å². The number of carbonyl (C=O) groups is 1. The molecule has 0 aromatic carbocycles. The van der Waals surface area contributed by atoms with Gasteiger partial charge in [0.05, 0.1) is 12.1 Å². The molecule has 4 N–H and O–H groups in total. The second-order valence-corrected chi connectivity index (χ2v) is 4.89. The molecule has 0 radical (unpaired) electrons. The zero-order valence-electron chi connectivity index (χ0n) is 9.47. The summed E-state index contributed by atoms with van der Waals surface area (Å²) < 4.78 is 0. The monoisotopic (exact) mass is 216 g/mol. The third kappa shape index (κ3) is 2.48. The lowest BCUT2D eigenvalue weighted by molar-refractivity contribution is -0.124. The fraction of sp³-hybridized carbons (Fsp3) is 0.900. The minimum Gasteiger partial charge on any atom is -0.389 e. The van der Waals surface area contributed by atoms with Gasteiger partial charge in [0.2, 0.25) is 5.91 Å². The lowest BCUT2D eigenvalue weighted by Gasteiger charge is -2.28. The maximum absolute atomic E-state index is 11.3. The van der Waals surface area contributed by atoms with Gasteiger partial charge in [0.1, 0.15) is 5.60 Å². The number of aliphatic hydroxyl groups is 2. The van der Waals surface area contributed by atoms with Crippen molar-refractivity contribution in [3.8, 4) is 0 Å². The molecule has 88 valence electrons. The number of nitrogens with zero attached hydrogens (tertiary/aromatic N) is 1. The molecule has 0 aromatic rings. The minimum absolute atomic E-state index is 0.0728.